The van der Waals surface area contributed by atoms with Crippen molar-refractivity contribution in [1.82, 2.24) is 15.1 Å². The van der Waals surface area contributed by atoms with Crippen molar-refractivity contribution in [1.29, 1.82) is 0 Å². The Kier molecular flexibility index (Phi) is 6.92. The molecule has 2 aliphatic heterocycles. The van der Waals surface area contributed by atoms with Crippen molar-refractivity contribution in [2.75, 3.05) is 26.2 Å². The van der Waals surface area contributed by atoms with Crippen molar-refractivity contribution in [3.63, 3.8) is 0 Å². The monoisotopic (exact) mass is 441 g/mol. The summed E-state index contributed by atoms with van der Waals surface area (Å²) in [6.07, 6.45) is 6.72. The van der Waals surface area contributed by atoms with E-state index in [2.05, 4.69) is 10.3 Å². The van der Waals surface area contributed by atoms with Gasteiger partial charge in [0.2, 0.25) is 23.7 Å². The number of benzene rings is 1. The van der Waals surface area contributed by atoms with Crippen LogP contribution in [0.3, 0.4) is 0 Å². The van der Waals surface area contributed by atoms with Gasteiger partial charge in [0.05, 0.1) is 18.8 Å². The van der Waals surface area contributed by atoms with Crippen LogP contribution < -0.4 is 15.8 Å². The molecule has 4 rings (SSSR count). The molecule has 0 spiro atoms. The van der Waals surface area contributed by atoms with E-state index < -0.39 is 5.91 Å². The Morgan fingerprint density at radius 1 is 1.22 bits per heavy atom. The Balaban J connectivity index is 1.25. The molecular formula is C23H31N5O4. The first-order valence-electron chi connectivity index (χ1n) is 11.4. The summed E-state index contributed by atoms with van der Waals surface area (Å²) >= 11 is 0. The summed E-state index contributed by atoms with van der Waals surface area (Å²) in [7, 11) is 0. The molecule has 3 amide bonds. The average Bonchev–Trinajstić information content (AvgIpc) is 3.13. The highest BCUT2D eigenvalue weighted by atomic mass is 16.5. The highest BCUT2D eigenvalue weighted by Gasteiger charge is 2.29. The van der Waals surface area contributed by atoms with Crippen LogP contribution in [0.1, 0.15) is 50.5 Å². The lowest BCUT2D eigenvalue weighted by molar-refractivity contribution is -0.136. The van der Waals surface area contributed by atoms with E-state index in [0.717, 1.165) is 24.1 Å². The molecule has 3 N–H and O–H groups in total. The highest BCUT2D eigenvalue weighted by Crippen LogP contribution is 2.30. The van der Waals surface area contributed by atoms with Crippen LogP contribution in [-0.4, -0.2) is 59.7 Å². The molecule has 1 aromatic rings. The molecule has 2 heterocycles. The first-order valence-corrected chi connectivity index (χ1v) is 11.4. The molecule has 9 nitrogen and oxygen atoms in total. The minimum atomic E-state index is -0.472. The zero-order valence-corrected chi connectivity index (χ0v) is 18.3. The molecule has 1 aromatic carbocycles. The van der Waals surface area contributed by atoms with Crippen LogP contribution in [-0.2, 0) is 20.9 Å². The second-order valence-corrected chi connectivity index (χ2v) is 8.83. The summed E-state index contributed by atoms with van der Waals surface area (Å²) < 4.78 is 5.85. The van der Waals surface area contributed by atoms with E-state index in [1.807, 2.05) is 23.1 Å². The SMILES string of the molecule is NC(=O)CN(CC1CCCCC1)C(=O)CCCOc1ccc2c(c1)CN1CC(=O)NC1=N2. The van der Waals surface area contributed by atoms with Crippen molar-refractivity contribution in [2.45, 2.75) is 51.5 Å². The van der Waals surface area contributed by atoms with Crippen molar-refractivity contribution >= 4 is 29.4 Å². The molecule has 0 aromatic heterocycles. The van der Waals surface area contributed by atoms with Crippen LogP contribution in [0.2, 0.25) is 0 Å². The standard InChI is InChI=1S/C23H31N5O4/c24-20(29)14-27(12-16-5-2-1-3-6-16)22(31)7-4-10-32-18-8-9-19-17(11-18)13-28-15-21(30)26-23(28)25-19/h8-9,11,16H,1-7,10,12-15H2,(H2,24,29)(H,25,26,30). The van der Waals surface area contributed by atoms with Gasteiger partial charge in [-0.25, -0.2) is 4.99 Å². The van der Waals surface area contributed by atoms with E-state index in [1.54, 1.807) is 4.90 Å². The average molecular weight is 442 g/mol. The number of aliphatic imine (C=N–C) groups is 1. The van der Waals surface area contributed by atoms with Crippen LogP contribution in [0.4, 0.5) is 5.69 Å². The third-order valence-electron chi connectivity index (χ3n) is 6.23. The van der Waals surface area contributed by atoms with Gasteiger partial charge < -0.3 is 20.3 Å². The van der Waals surface area contributed by atoms with E-state index in [9.17, 15) is 14.4 Å². The highest BCUT2D eigenvalue weighted by molar-refractivity contribution is 6.05. The van der Waals surface area contributed by atoms with Gasteiger partial charge in [0.25, 0.3) is 0 Å². The Labute approximate surface area is 188 Å². The van der Waals surface area contributed by atoms with E-state index >= 15 is 0 Å². The molecule has 172 valence electrons. The molecule has 3 aliphatic rings. The molecule has 0 bridgehead atoms. The van der Waals surface area contributed by atoms with Gasteiger partial charge in [-0.2, -0.15) is 0 Å². The molecule has 0 atom stereocenters. The topological polar surface area (TPSA) is 117 Å². The van der Waals surface area contributed by atoms with Crippen molar-refractivity contribution in [2.24, 2.45) is 16.6 Å². The number of hydrogen-bond acceptors (Lipinski definition) is 6. The summed E-state index contributed by atoms with van der Waals surface area (Å²) in [5, 5.41) is 2.75. The Morgan fingerprint density at radius 2 is 2.03 bits per heavy atom. The van der Waals surface area contributed by atoms with E-state index in [4.69, 9.17) is 10.5 Å². The minimum Gasteiger partial charge on any atom is -0.494 e. The second kappa shape index (κ2) is 10.0. The molecule has 2 fully saturated rings. The van der Waals surface area contributed by atoms with Crippen LogP contribution in [0, 0.1) is 5.92 Å². The lowest BCUT2D eigenvalue weighted by Gasteiger charge is -2.29. The van der Waals surface area contributed by atoms with Gasteiger partial charge in [0, 0.05) is 25.1 Å². The predicted molar refractivity (Wildman–Crippen MR) is 119 cm³/mol. The fourth-order valence-electron chi connectivity index (χ4n) is 4.62. The number of hydrogen-bond donors (Lipinski definition) is 2. The van der Waals surface area contributed by atoms with Gasteiger partial charge in [-0.05, 0) is 43.4 Å². The summed E-state index contributed by atoms with van der Waals surface area (Å²) in [5.74, 6) is 1.21. The van der Waals surface area contributed by atoms with Crippen molar-refractivity contribution in [3.8, 4) is 5.75 Å². The van der Waals surface area contributed by atoms with Crippen LogP contribution in [0.25, 0.3) is 0 Å². The van der Waals surface area contributed by atoms with Crippen molar-refractivity contribution < 1.29 is 19.1 Å². The fraction of sp³-hybridized carbons (Fsp3) is 0.565. The number of primary amides is 1. The number of nitrogens with zero attached hydrogens (tertiary/aromatic N) is 3. The first-order chi connectivity index (χ1) is 15.5. The summed E-state index contributed by atoms with van der Waals surface area (Å²) in [6.45, 7) is 1.91. The van der Waals surface area contributed by atoms with Gasteiger partial charge in [-0.15, -0.1) is 0 Å². The maximum Gasteiger partial charge on any atom is 0.246 e. The number of carbonyl (C=O) groups excluding carboxylic acids is 3. The molecule has 1 saturated carbocycles. The van der Waals surface area contributed by atoms with E-state index in [1.165, 1.54) is 19.3 Å². The van der Waals surface area contributed by atoms with Gasteiger partial charge in [-0.1, -0.05) is 19.3 Å². The molecule has 0 radical (unpaired) electrons. The number of nitrogens with one attached hydrogen (secondary N) is 1. The molecular weight excluding hydrogens is 410 g/mol. The molecule has 1 aliphatic carbocycles. The first kappa shape index (κ1) is 22.1. The minimum absolute atomic E-state index is 0.0165. The maximum atomic E-state index is 12.7. The number of rotatable bonds is 9. The van der Waals surface area contributed by atoms with Gasteiger partial charge in [-0.3, -0.25) is 19.7 Å². The van der Waals surface area contributed by atoms with Gasteiger partial charge >= 0.3 is 0 Å². The lowest BCUT2D eigenvalue weighted by atomic mass is 9.89. The Bertz CT molecular complexity index is 910. The summed E-state index contributed by atoms with van der Waals surface area (Å²) in [4.78, 5) is 43.7. The molecule has 32 heavy (non-hydrogen) atoms. The number of nitrogens with two attached hydrogens (primary N) is 1. The lowest BCUT2D eigenvalue weighted by Crippen LogP contribution is -2.41. The zero-order valence-electron chi connectivity index (χ0n) is 18.3. The number of carbonyl (C=O) groups is 3. The number of guanidine groups is 1. The summed E-state index contributed by atoms with van der Waals surface area (Å²) in [5.41, 5.74) is 7.19. The Morgan fingerprint density at radius 3 is 2.81 bits per heavy atom. The molecule has 9 heteroatoms. The number of ether oxygens (including phenoxy) is 1. The zero-order chi connectivity index (χ0) is 22.5. The normalized spacial score (nSPS) is 17.8. The fourth-order valence-corrected chi connectivity index (χ4v) is 4.62. The van der Waals surface area contributed by atoms with E-state index in [0.29, 0.717) is 56.7 Å². The number of amides is 3. The van der Waals surface area contributed by atoms with E-state index in [-0.39, 0.29) is 18.4 Å². The smallest absolute Gasteiger partial charge is 0.246 e. The van der Waals surface area contributed by atoms with Crippen molar-refractivity contribution in [3.05, 3.63) is 23.8 Å². The predicted octanol–water partition coefficient (Wildman–Crippen LogP) is 1.67. The van der Waals surface area contributed by atoms with Crippen LogP contribution in [0.15, 0.2) is 23.2 Å². The third-order valence-corrected chi connectivity index (χ3v) is 6.23. The molecule has 0 unspecified atom stereocenters. The number of fused-ring (bicyclic) bond motifs is 2. The largest absolute Gasteiger partial charge is 0.494 e. The quantitative estimate of drug-likeness (QED) is 0.566. The van der Waals surface area contributed by atoms with Gasteiger partial charge in [0.1, 0.15) is 12.3 Å². The Hall–Kier alpha value is -3.10. The van der Waals surface area contributed by atoms with Gasteiger partial charge in [0.15, 0.2) is 0 Å². The van der Waals surface area contributed by atoms with Crippen LogP contribution in [0.5, 0.6) is 5.75 Å². The summed E-state index contributed by atoms with van der Waals surface area (Å²) in [6, 6.07) is 5.66. The maximum absolute atomic E-state index is 12.7. The second-order valence-electron chi connectivity index (χ2n) is 8.83. The van der Waals surface area contributed by atoms with Crippen LogP contribution >= 0.6 is 0 Å². The molecule has 1 saturated heterocycles. The third kappa shape index (κ3) is 5.57.